The Kier molecular flexibility index (Phi) is 6.57. The molecule has 2 saturated carbocycles. The van der Waals surface area contributed by atoms with Gasteiger partial charge >= 0.3 is 0 Å². The van der Waals surface area contributed by atoms with Crippen LogP contribution in [0.15, 0.2) is 0 Å². The second kappa shape index (κ2) is 8.20. The van der Waals surface area contributed by atoms with Gasteiger partial charge < -0.3 is 19.5 Å². The summed E-state index contributed by atoms with van der Waals surface area (Å²) in [6.07, 6.45) is 7.02. The topological polar surface area (TPSA) is 39.7 Å². The molecule has 112 valence electrons. The van der Waals surface area contributed by atoms with Crippen LogP contribution in [-0.2, 0) is 14.2 Å². The Balaban J connectivity index is 1.62. The molecular formula is C15H29NO3. The van der Waals surface area contributed by atoms with Gasteiger partial charge in [-0.3, -0.25) is 0 Å². The summed E-state index contributed by atoms with van der Waals surface area (Å²) >= 11 is 0. The number of hydrogen-bond donors (Lipinski definition) is 1. The van der Waals surface area contributed by atoms with Crippen molar-refractivity contribution in [2.45, 2.75) is 57.3 Å². The van der Waals surface area contributed by atoms with Crippen molar-refractivity contribution in [2.24, 2.45) is 5.92 Å². The summed E-state index contributed by atoms with van der Waals surface area (Å²) in [5.74, 6) is 0.928. The first kappa shape index (κ1) is 15.2. The molecule has 0 aliphatic heterocycles. The van der Waals surface area contributed by atoms with Crippen LogP contribution in [0.4, 0.5) is 0 Å². The first-order valence-electron chi connectivity index (χ1n) is 7.80. The van der Waals surface area contributed by atoms with E-state index >= 15 is 0 Å². The summed E-state index contributed by atoms with van der Waals surface area (Å²) in [4.78, 5) is 0. The highest BCUT2D eigenvalue weighted by Crippen LogP contribution is 2.31. The van der Waals surface area contributed by atoms with Crippen molar-refractivity contribution in [2.75, 3.05) is 33.5 Å². The molecule has 3 unspecified atom stereocenters. The highest BCUT2D eigenvalue weighted by atomic mass is 16.6. The maximum atomic E-state index is 6.00. The van der Waals surface area contributed by atoms with Crippen LogP contribution in [0.5, 0.6) is 0 Å². The van der Waals surface area contributed by atoms with Gasteiger partial charge in [0.05, 0.1) is 25.4 Å². The molecule has 2 fully saturated rings. The normalized spacial score (nSPS) is 30.9. The lowest BCUT2D eigenvalue weighted by atomic mass is 9.83. The van der Waals surface area contributed by atoms with E-state index in [9.17, 15) is 0 Å². The molecule has 1 N–H and O–H groups in total. The van der Waals surface area contributed by atoms with Gasteiger partial charge in [0.1, 0.15) is 0 Å². The molecule has 3 atom stereocenters. The van der Waals surface area contributed by atoms with Gasteiger partial charge in [0.2, 0.25) is 0 Å². The third-order valence-corrected chi connectivity index (χ3v) is 4.40. The first-order valence-corrected chi connectivity index (χ1v) is 7.80. The van der Waals surface area contributed by atoms with E-state index in [1.165, 1.54) is 25.7 Å². The molecule has 2 aliphatic rings. The molecule has 19 heavy (non-hydrogen) atoms. The predicted molar refractivity (Wildman–Crippen MR) is 75.4 cm³/mol. The number of rotatable bonds is 10. The fraction of sp³-hybridized carbons (Fsp3) is 1.00. The minimum Gasteiger partial charge on any atom is -0.382 e. The summed E-state index contributed by atoms with van der Waals surface area (Å²) in [6.45, 7) is 5.34. The molecular weight excluding hydrogens is 242 g/mol. The molecule has 2 aliphatic carbocycles. The molecule has 0 spiro atoms. The second-order valence-corrected chi connectivity index (χ2v) is 5.72. The second-order valence-electron chi connectivity index (χ2n) is 5.72. The monoisotopic (exact) mass is 271 g/mol. The Morgan fingerprint density at radius 2 is 1.95 bits per heavy atom. The predicted octanol–water partition coefficient (Wildman–Crippen LogP) is 1.98. The number of likely N-dealkylation sites (N-methyl/N-ethyl adjacent to an activating group) is 1. The molecule has 0 aromatic heterocycles. The number of hydrogen-bond acceptors (Lipinski definition) is 4. The summed E-state index contributed by atoms with van der Waals surface area (Å²) < 4.78 is 16.9. The van der Waals surface area contributed by atoms with E-state index in [0.717, 1.165) is 25.5 Å². The molecule has 4 heteroatoms. The molecule has 0 radical (unpaired) electrons. The number of methoxy groups -OCH3 is 1. The fourth-order valence-electron chi connectivity index (χ4n) is 2.86. The fourth-order valence-corrected chi connectivity index (χ4v) is 2.86. The lowest BCUT2D eigenvalue weighted by molar-refractivity contribution is -0.153. The third-order valence-electron chi connectivity index (χ3n) is 4.40. The highest BCUT2D eigenvalue weighted by molar-refractivity contribution is 4.97. The molecule has 0 bridgehead atoms. The molecule has 0 amide bonds. The summed E-state index contributed by atoms with van der Waals surface area (Å²) in [6, 6.07) is 0.454. The molecule has 2 rings (SSSR count). The SMILES string of the molecule is CCNC1CC(OCCC2CCC2)C1OCCOC. The summed E-state index contributed by atoms with van der Waals surface area (Å²) in [7, 11) is 1.71. The van der Waals surface area contributed by atoms with E-state index in [1.54, 1.807) is 7.11 Å². The van der Waals surface area contributed by atoms with Crippen LogP contribution in [0.2, 0.25) is 0 Å². The first-order chi connectivity index (χ1) is 9.35. The Labute approximate surface area is 117 Å². The van der Waals surface area contributed by atoms with Crippen molar-refractivity contribution in [3.8, 4) is 0 Å². The number of ether oxygens (including phenoxy) is 3. The van der Waals surface area contributed by atoms with E-state index in [2.05, 4.69) is 12.2 Å². The van der Waals surface area contributed by atoms with E-state index in [-0.39, 0.29) is 12.2 Å². The van der Waals surface area contributed by atoms with Crippen LogP contribution in [0, 0.1) is 5.92 Å². The van der Waals surface area contributed by atoms with Gasteiger partial charge in [-0.2, -0.15) is 0 Å². The van der Waals surface area contributed by atoms with Crippen LogP contribution in [-0.4, -0.2) is 51.7 Å². The minimum absolute atomic E-state index is 0.205. The molecule has 0 aromatic carbocycles. The van der Waals surface area contributed by atoms with E-state index < -0.39 is 0 Å². The Hall–Kier alpha value is -0.160. The Bertz CT molecular complexity index is 246. The van der Waals surface area contributed by atoms with Gasteiger partial charge in [0, 0.05) is 19.8 Å². The van der Waals surface area contributed by atoms with E-state index in [0.29, 0.717) is 19.3 Å². The Morgan fingerprint density at radius 3 is 2.58 bits per heavy atom. The van der Waals surface area contributed by atoms with Gasteiger partial charge in [-0.1, -0.05) is 26.2 Å². The van der Waals surface area contributed by atoms with Crippen LogP contribution in [0.25, 0.3) is 0 Å². The molecule has 0 heterocycles. The average molecular weight is 271 g/mol. The van der Waals surface area contributed by atoms with Gasteiger partial charge in [0.25, 0.3) is 0 Å². The Morgan fingerprint density at radius 1 is 1.11 bits per heavy atom. The van der Waals surface area contributed by atoms with Crippen LogP contribution >= 0.6 is 0 Å². The van der Waals surface area contributed by atoms with Gasteiger partial charge in [0.15, 0.2) is 0 Å². The van der Waals surface area contributed by atoms with Crippen molar-refractivity contribution >= 4 is 0 Å². The van der Waals surface area contributed by atoms with Crippen molar-refractivity contribution < 1.29 is 14.2 Å². The average Bonchev–Trinajstić information content (AvgIpc) is 2.34. The van der Waals surface area contributed by atoms with Crippen LogP contribution in [0.1, 0.15) is 39.0 Å². The maximum absolute atomic E-state index is 6.00. The van der Waals surface area contributed by atoms with Gasteiger partial charge in [-0.25, -0.2) is 0 Å². The van der Waals surface area contributed by atoms with Crippen LogP contribution < -0.4 is 5.32 Å². The zero-order valence-corrected chi connectivity index (χ0v) is 12.4. The van der Waals surface area contributed by atoms with Gasteiger partial charge in [-0.15, -0.1) is 0 Å². The van der Waals surface area contributed by atoms with Crippen molar-refractivity contribution in [3.63, 3.8) is 0 Å². The van der Waals surface area contributed by atoms with Crippen molar-refractivity contribution in [1.29, 1.82) is 0 Å². The molecule has 0 aromatic rings. The molecule has 0 saturated heterocycles. The zero-order chi connectivity index (χ0) is 13.5. The van der Waals surface area contributed by atoms with Gasteiger partial charge in [-0.05, 0) is 25.3 Å². The molecule has 4 nitrogen and oxygen atoms in total. The summed E-state index contributed by atoms with van der Waals surface area (Å²) in [5.41, 5.74) is 0. The lowest BCUT2D eigenvalue weighted by Gasteiger charge is -2.44. The summed E-state index contributed by atoms with van der Waals surface area (Å²) in [5, 5.41) is 3.46. The third kappa shape index (κ3) is 4.42. The smallest absolute Gasteiger partial charge is 0.0991 e. The zero-order valence-electron chi connectivity index (χ0n) is 12.4. The quantitative estimate of drug-likeness (QED) is 0.617. The van der Waals surface area contributed by atoms with Crippen molar-refractivity contribution in [3.05, 3.63) is 0 Å². The number of nitrogens with one attached hydrogen (secondary N) is 1. The standard InChI is InChI=1S/C15H29NO3/c1-3-16-13-11-14(15(13)19-10-9-17-2)18-8-7-12-5-4-6-12/h12-16H,3-11H2,1-2H3. The van der Waals surface area contributed by atoms with Crippen LogP contribution in [0.3, 0.4) is 0 Å². The van der Waals surface area contributed by atoms with E-state index in [1.807, 2.05) is 0 Å². The minimum atomic E-state index is 0.205. The highest BCUT2D eigenvalue weighted by Gasteiger charge is 2.42. The lowest BCUT2D eigenvalue weighted by Crippen LogP contribution is -2.60. The van der Waals surface area contributed by atoms with Crippen molar-refractivity contribution in [1.82, 2.24) is 5.32 Å². The largest absolute Gasteiger partial charge is 0.382 e. The maximum Gasteiger partial charge on any atom is 0.0991 e. The van der Waals surface area contributed by atoms with E-state index in [4.69, 9.17) is 14.2 Å².